The average molecular weight is 306 g/mol. The van der Waals surface area contributed by atoms with Gasteiger partial charge in [-0.1, -0.05) is 23.2 Å². The van der Waals surface area contributed by atoms with E-state index in [4.69, 9.17) is 16.7 Å². The predicted octanol–water partition coefficient (Wildman–Crippen LogP) is 3.30. The Labute approximate surface area is 125 Å². The molecule has 1 amide bonds. The monoisotopic (exact) mass is 305 g/mol. The summed E-state index contributed by atoms with van der Waals surface area (Å²) < 4.78 is 0. The molecule has 0 unspecified atom stereocenters. The third-order valence-corrected chi connectivity index (χ3v) is 3.17. The van der Waals surface area contributed by atoms with E-state index in [0.717, 1.165) is 5.56 Å². The van der Waals surface area contributed by atoms with Crippen LogP contribution in [0.15, 0.2) is 36.4 Å². The maximum absolute atomic E-state index is 12.1. The first-order chi connectivity index (χ1) is 9.88. The van der Waals surface area contributed by atoms with Crippen molar-refractivity contribution >= 4 is 29.2 Å². The number of rotatable bonds is 3. The van der Waals surface area contributed by atoms with E-state index in [1.165, 1.54) is 24.3 Å². The van der Waals surface area contributed by atoms with Crippen LogP contribution in [0.25, 0.3) is 0 Å². The number of carboxylic acid groups (broad SMARTS) is 1. The molecule has 0 aliphatic carbocycles. The minimum absolute atomic E-state index is 0.0244. The summed E-state index contributed by atoms with van der Waals surface area (Å²) in [6, 6.07) is 8.64. The molecule has 0 atom stereocenters. The molecule has 2 aromatic carbocycles. The van der Waals surface area contributed by atoms with Crippen molar-refractivity contribution in [1.82, 2.24) is 0 Å². The van der Waals surface area contributed by atoms with E-state index in [1.807, 2.05) is 0 Å². The molecule has 0 spiro atoms. The standard InChI is InChI=1S/C15H12ClNO4/c1-8-2-5-13(18)10(6-8)14(19)17-12-4-3-9(15(20)21)7-11(12)16/h2-7,18H,1H3,(H,17,19)(H,20,21). The zero-order valence-electron chi connectivity index (χ0n) is 11.1. The summed E-state index contributed by atoms with van der Waals surface area (Å²) in [7, 11) is 0. The molecule has 0 heterocycles. The van der Waals surface area contributed by atoms with Crippen LogP contribution < -0.4 is 5.32 Å². The highest BCUT2D eigenvalue weighted by atomic mass is 35.5. The average Bonchev–Trinajstić information content (AvgIpc) is 2.43. The Kier molecular flexibility index (Phi) is 4.14. The minimum Gasteiger partial charge on any atom is -0.507 e. The van der Waals surface area contributed by atoms with E-state index < -0.39 is 11.9 Å². The van der Waals surface area contributed by atoms with Gasteiger partial charge in [0.05, 0.1) is 21.8 Å². The number of amides is 1. The summed E-state index contributed by atoms with van der Waals surface area (Å²) in [5.74, 6) is -1.77. The van der Waals surface area contributed by atoms with Gasteiger partial charge in [0.15, 0.2) is 0 Å². The number of hydrogen-bond acceptors (Lipinski definition) is 3. The number of phenolic OH excluding ortho intramolecular Hbond substituents is 1. The molecule has 0 aliphatic rings. The molecular formula is C15H12ClNO4. The lowest BCUT2D eigenvalue weighted by atomic mass is 10.1. The molecule has 3 N–H and O–H groups in total. The number of carbonyl (C=O) groups excluding carboxylic acids is 1. The van der Waals surface area contributed by atoms with E-state index in [0.29, 0.717) is 0 Å². The first kappa shape index (κ1) is 14.9. The smallest absolute Gasteiger partial charge is 0.335 e. The molecule has 21 heavy (non-hydrogen) atoms. The number of hydrogen-bond donors (Lipinski definition) is 3. The van der Waals surface area contributed by atoms with Crippen LogP contribution in [0.3, 0.4) is 0 Å². The second-order valence-electron chi connectivity index (χ2n) is 4.47. The summed E-state index contributed by atoms with van der Waals surface area (Å²) in [6.07, 6.45) is 0. The second-order valence-corrected chi connectivity index (χ2v) is 4.88. The van der Waals surface area contributed by atoms with Gasteiger partial charge in [-0.25, -0.2) is 4.79 Å². The van der Waals surface area contributed by atoms with Crippen molar-refractivity contribution in [2.24, 2.45) is 0 Å². The molecule has 5 nitrogen and oxygen atoms in total. The van der Waals surface area contributed by atoms with Gasteiger partial charge in [0, 0.05) is 0 Å². The lowest BCUT2D eigenvalue weighted by Gasteiger charge is -2.09. The molecule has 0 saturated carbocycles. The van der Waals surface area contributed by atoms with Crippen LogP contribution in [-0.4, -0.2) is 22.1 Å². The third-order valence-electron chi connectivity index (χ3n) is 2.86. The molecule has 0 bridgehead atoms. The van der Waals surface area contributed by atoms with Gasteiger partial charge in [-0.05, 0) is 37.3 Å². The predicted molar refractivity (Wildman–Crippen MR) is 79.2 cm³/mol. The fraction of sp³-hybridized carbons (Fsp3) is 0.0667. The Morgan fingerprint density at radius 2 is 1.86 bits per heavy atom. The van der Waals surface area contributed by atoms with Gasteiger partial charge < -0.3 is 15.5 Å². The van der Waals surface area contributed by atoms with Crippen LogP contribution in [0.1, 0.15) is 26.3 Å². The van der Waals surface area contributed by atoms with Crippen molar-refractivity contribution in [3.05, 3.63) is 58.1 Å². The summed E-state index contributed by atoms with van der Waals surface area (Å²) in [6.45, 7) is 1.80. The number of nitrogens with one attached hydrogen (secondary N) is 1. The van der Waals surface area contributed by atoms with Gasteiger partial charge in [-0.2, -0.15) is 0 Å². The largest absolute Gasteiger partial charge is 0.507 e. The topological polar surface area (TPSA) is 86.6 Å². The van der Waals surface area contributed by atoms with Crippen LogP contribution in [0.4, 0.5) is 5.69 Å². The lowest BCUT2D eigenvalue weighted by molar-refractivity contribution is 0.0696. The fourth-order valence-electron chi connectivity index (χ4n) is 1.77. The number of carbonyl (C=O) groups is 2. The highest BCUT2D eigenvalue weighted by molar-refractivity contribution is 6.34. The number of benzene rings is 2. The summed E-state index contributed by atoms with van der Waals surface area (Å²) in [5, 5.41) is 21.2. The Hall–Kier alpha value is -2.53. The second kappa shape index (κ2) is 5.85. The van der Waals surface area contributed by atoms with Crippen molar-refractivity contribution < 1.29 is 19.8 Å². The molecule has 108 valence electrons. The van der Waals surface area contributed by atoms with Crippen molar-refractivity contribution in [2.75, 3.05) is 5.32 Å². The van der Waals surface area contributed by atoms with E-state index >= 15 is 0 Å². The first-order valence-corrected chi connectivity index (χ1v) is 6.40. The molecule has 0 saturated heterocycles. The molecule has 2 aromatic rings. The Bertz CT molecular complexity index is 728. The normalized spacial score (nSPS) is 10.2. The molecule has 2 rings (SSSR count). The number of aromatic hydroxyl groups is 1. The number of aryl methyl sites for hydroxylation is 1. The van der Waals surface area contributed by atoms with E-state index in [9.17, 15) is 14.7 Å². The fourth-order valence-corrected chi connectivity index (χ4v) is 2.00. The maximum Gasteiger partial charge on any atom is 0.335 e. The molecule has 0 aromatic heterocycles. The zero-order valence-corrected chi connectivity index (χ0v) is 11.8. The molecule has 0 aliphatic heterocycles. The van der Waals surface area contributed by atoms with Gasteiger partial charge in [0.1, 0.15) is 5.75 Å². The van der Waals surface area contributed by atoms with Gasteiger partial charge in [0.2, 0.25) is 0 Å². The van der Waals surface area contributed by atoms with Crippen LogP contribution >= 0.6 is 11.6 Å². The quantitative estimate of drug-likeness (QED) is 0.812. The van der Waals surface area contributed by atoms with Crippen molar-refractivity contribution in [3.63, 3.8) is 0 Å². The zero-order chi connectivity index (χ0) is 15.6. The SMILES string of the molecule is Cc1ccc(O)c(C(=O)Nc2ccc(C(=O)O)cc2Cl)c1. The Balaban J connectivity index is 2.27. The number of aromatic carboxylic acids is 1. The minimum atomic E-state index is -1.11. The first-order valence-electron chi connectivity index (χ1n) is 6.02. The highest BCUT2D eigenvalue weighted by Crippen LogP contribution is 2.25. The maximum atomic E-state index is 12.1. The Morgan fingerprint density at radius 1 is 1.14 bits per heavy atom. The van der Waals surface area contributed by atoms with Gasteiger partial charge in [0.25, 0.3) is 5.91 Å². The molecule has 6 heteroatoms. The Morgan fingerprint density at radius 3 is 2.48 bits per heavy atom. The van der Waals surface area contributed by atoms with Gasteiger partial charge >= 0.3 is 5.97 Å². The summed E-state index contributed by atoms with van der Waals surface area (Å²) in [4.78, 5) is 22.9. The third kappa shape index (κ3) is 3.32. The lowest BCUT2D eigenvalue weighted by Crippen LogP contribution is -2.13. The van der Waals surface area contributed by atoms with Crippen LogP contribution in [0, 0.1) is 6.92 Å². The summed E-state index contributed by atoms with van der Waals surface area (Å²) in [5.41, 5.74) is 1.24. The van der Waals surface area contributed by atoms with E-state index in [2.05, 4.69) is 5.32 Å². The van der Waals surface area contributed by atoms with Crippen LogP contribution in [0.5, 0.6) is 5.75 Å². The number of halogens is 1. The molecule has 0 fully saturated rings. The van der Waals surface area contributed by atoms with Crippen molar-refractivity contribution in [1.29, 1.82) is 0 Å². The van der Waals surface area contributed by atoms with Gasteiger partial charge in [-0.15, -0.1) is 0 Å². The molecular weight excluding hydrogens is 294 g/mol. The van der Waals surface area contributed by atoms with Crippen LogP contribution in [0.2, 0.25) is 5.02 Å². The van der Waals surface area contributed by atoms with E-state index in [-0.39, 0.29) is 27.6 Å². The number of carboxylic acids is 1. The summed E-state index contributed by atoms with van der Waals surface area (Å²) >= 11 is 5.94. The van der Waals surface area contributed by atoms with Crippen molar-refractivity contribution in [2.45, 2.75) is 6.92 Å². The number of anilines is 1. The number of phenols is 1. The van der Waals surface area contributed by atoms with E-state index in [1.54, 1.807) is 19.1 Å². The highest BCUT2D eigenvalue weighted by Gasteiger charge is 2.14. The van der Waals surface area contributed by atoms with Gasteiger partial charge in [-0.3, -0.25) is 4.79 Å². The molecule has 0 radical (unpaired) electrons. The van der Waals surface area contributed by atoms with Crippen LogP contribution in [-0.2, 0) is 0 Å². The van der Waals surface area contributed by atoms with Crippen molar-refractivity contribution in [3.8, 4) is 5.75 Å².